The van der Waals surface area contributed by atoms with Gasteiger partial charge in [0.15, 0.2) is 5.13 Å². The van der Waals surface area contributed by atoms with Crippen LogP contribution in [0.4, 0.5) is 5.13 Å². The summed E-state index contributed by atoms with van der Waals surface area (Å²) in [6.45, 7) is 8.75. The molecule has 8 heteroatoms. The van der Waals surface area contributed by atoms with Crippen molar-refractivity contribution in [3.05, 3.63) is 46.5 Å². The van der Waals surface area contributed by atoms with E-state index < -0.39 is 0 Å². The molecule has 1 aromatic heterocycles. The predicted octanol–water partition coefficient (Wildman–Crippen LogP) is 2.88. The third-order valence-corrected chi connectivity index (χ3v) is 6.44. The number of aromatic nitrogens is 1. The number of amides is 2. The lowest BCUT2D eigenvalue weighted by Gasteiger charge is -2.26. The Bertz CT molecular complexity index is 834. The number of aryl methyl sites for hydroxylation is 1. The summed E-state index contributed by atoms with van der Waals surface area (Å²) in [6, 6.07) is 9.66. The van der Waals surface area contributed by atoms with Gasteiger partial charge in [-0.25, -0.2) is 4.98 Å². The zero-order chi connectivity index (χ0) is 20.8. The topological polar surface area (TPSA) is 83.6 Å². The molecule has 1 saturated heterocycles. The van der Waals surface area contributed by atoms with Crippen molar-refractivity contribution in [2.75, 3.05) is 31.2 Å². The summed E-state index contributed by atoms with van der Waals surface area (Å²) in [5, 5.41) is 0.809. The maximum atomic E-state index is 12.9. The van der Waals surface area contributed by atoms with Crippen molar-refractivity contribution in [3.63, 3.8) is 0 Å². The molecule has 2 atom stereocenters. The number of hydrogen-bond donors (Lipinski definition) is 2. The Morgan fingerprint density at radius 1 is 1.21 bits per heavy atom. The van der Waals surface area contributed by atoms with E-state index in [0.717, 1.165) is 30.2 Å². The van der Waals surface area contributed by atoms with Gasteiger partial charge in [0, 0.05) is 13.1 Å². The predicted molar refractivity (Wildman–Crippen MR) is 114 cm³/mol. The van der Waals surface area contributed by atoms with E-state index in [4.69, 9.17) is 4.74 Å². The number of ether oxygens (including phenoxy) is 1. The van der Waals surface area contributed by atoms with Crippen molar-refractivity contribution in [1.82, 2.24) is 15.8 Å². The average molecular weight is 417 g/mol. The second kappa shape index (κ2) is 9.84. The standard InChI is InChI=1S/C21H28N4O3S/c1-4-14(2)17(16-8-6-5-7-9-16)19(26)23-24-20(27)18-15(3)22-21(29-18)25-10-12-28-13-11-25/h5-9,14,17H,4,10-13H2,1-3H3,(H,23,26)(H,24,27). The van der Waals surface area contributed by atoms with Gasteiger partial charge in [0.1, 0.15) is 4.88 Å². The number of hydrogen-bond acceptors (Lipinski definition) is 6. The van der Waals surface area contributed by atoms with Gasteiger partial charge in [0.05, 0.1) is 24.8 Å². The number of nitrogens with zero attached hydrogens (tertiary/aromatic N) is 2. The van der Waals surface area contributed by atoms with E-state index >= 15 is 0 Å². The van der Waals surface area contributed by atoms with Crippen molar-refractivity contribution in [1.29, 1.82) is 0 Å². The highest BCUT2D eigenvalue weighted by Gasteiger charge is 2.27. The molecule has 2 unspecified atom stereocenters. The normalized spacial score (nSPS) is 16.2. The molecule has 29 heavy (non-hydrogen) atoms. The summed E-state index contributed by atoms with van der Waals surface area (Å²) >= 11 is 1.34. The first kappa shape index (κ1) is 21.3. The van der Waals surface area contributed by atoms with Gasteiger partial charge < -0.3 is 9.64 Å². The smallest absolute Gasteiger partial charge is 0.281 e. The molecule has 0 bridgehead atoms. The van der Waals surface area contributed by atoms with E-state index in [1.807, 2.05) is 44.2 Å². The third-order valence-electron chi connectivity index (χ3n) is 5.23. The van der Waals surface area contributed by atoms with Gasteiger partial charge in [0.2, 0.25) is 5.91 Å². The van der Waals surface area contributed by atoms with Gasteiger partial charge in [0.25, 0.3) is 5.91 Å². The molecule has 2 N–H and O–H groups in total. The molecule has 1 aliphatic rings. The third kappa shape index (κ3) is 5.13. The van der Waals surface area contributed by atoms with E-state index in [1.54, 1.807) is 0 Å². The Labute approximate surface area is 175 Å². The summed E-state index contributed by atoms with van der Waals surface area (Å²) in [6.07, 6.45) is 0.859. The largest absolute Gasteiger partial charge is 0.378 e. The molecule has 1 aromatic carbocycles. The minimum absolute atomic E-state index is 0.146. The second-order valence-corrected chi connectivity index (χ2v) is 8.21. The van der Waals surface area contributed by atoms with Gasteiger partial charge in [-0.05, 0) is 18.4 Å². The summed E-state index contributed by atoms with van der Waals surface area (Å²) in [4.78, 5) is 32.7. The Morgan fingerprint density at radius 3 is 2.55 bits per heavy atom. The number of carbonyl (C=O) groups excluding carboxylic acids is 2. The monoisotopic (exact) mass is 416 g/mol. The van der Waals surface area contributed by atoms with Crippen LogP contribution >= 0.6 is 11.3 Å². The second-order valence-electron chi connectivity index (χ2n) is 7.23. The quantitative estimate of drug-likeness (QED) is 0.708. The Morgan fingerprint density at radius 2 is 1.90 bits per heavy atom. The summed E-state index contributed by atoms with van der Waals surface area (Å²) in [5.74, 6) is -0.737. The Hall–Kier alpha value is -2.45. The van der Waals surface area contributed by atoms with Crippen molar-refractivity contribution in [3.8, 4) is 0 Å². The molecule has 0 radical (unpaired) electrons. The van der Waals surface area contributed by atoms with Crippen LogP contribution in [0.25, 0.3) is 0 Å². The van der Waals surface area contributed by atoms with Crippen LogP contribution in [0.15, 0.2) is 30.3 Å². The molecule has 7 nitrogen and oxygen atoms in total. The number of benzene rings is 1. The van der Waals surface area contributed by atoms with Gasteiger partial charge in [-0.15, -0.1) is 0 Å². The highest BCUT2D eigenvalue weighted by molar-refractivity contribution is 7.17. The van der Waals surface area contributed by atoms with Crippen LogP contribution in [0, 0.1) is 12.8 Å². The zero-order valence-corrected chi connectivity index (χ0v) is 17.9. The van der Waals surface area contributed by atoms with Crippen LogP contribution in [-0.4, -0.2) is 43.1 Å². The molecule has 1 fully saturated rings. The van der Waals surface area contributed by atoms with Crippen molar-refractivity contribution in [2.45, 2.75) is 33.1 Å². The zero-order valence-electron chi connectivity index (χ0n) is 17.1. The van der Waals surface area contributed by atoms with Gasteiger partial charge in [-0.2, -0.15) is 0 Å². The van der Waals surface area contributed by atoms with Crippen molar-refractivity contribution >= 4 is 28.3 Å². The van der Waals surface area contributed by atoms with E-state index in [-0.39, 0.29) is 23.7 Å². The number of morpholine rings is 1. The SMILES string of the molecule is CCC(C)C(C(=O)NNC(=O)c1sc(N2CCOCC2)nc1C)c1ccccc1. The number of anilines is 1. The first-order chi connectivity index (χ1) is 14.0. The fraction of sp³-hybridized carbons (Fsp3) is 0.476. The maximum Gasteiger partial charge on any atom is 0.281 e. The van der Waals surface area contributed by atoms with Crippen LogP contribution in [0.5, 0.6) is 0 Å². The molecule has 0 saturated carbocycles. The summed E-state index contributed by atoms with van der Waals surface area (Å²) in [5.41, 5.74) is 6.79. The molecular formula is C21H28N4O3S. The number of hydrazine groups is 1. The fourth-order valence-corrected chi connectivity index (χ4v) is 4.38. The molecule has 0 spiro atoms. The number of rotatable bonds is 6. The van der Waals surface area contributed by atoms with Gasteiger partial charge >= 0.3 is 0 Å². The van der Waals surface area contributed by atoms with Crippen LogP contribution in [-0.2, 0) is 9.53 Å². The highest BCUT2D eigenvalue weighted by atomic mass is 32.1. The first-order valence-corrected chi connectivity index (χ1v) is 10.8. The van der Waals surface area contributed by atoms with E-state index in [1.165, 1.54) is 11.3 Å². The molecule has 1 aliphatic heterocycles. The summed E-state index contributed by atoms with van der Waals surface area (Å²) < 4.78 is 5.37. The van der Waals surface area contributed by atoms with Crippen molar-refractivity contribution in [2.24, 2.45) is 5.92 Å². The van der Waals surface area contributed by atoms with E-state index in [9.17, 15) is 9.59 Å². The first-order valence-electron chi connectivity index (χ1n) is 9.96. The summed E-state index contributed by atoms with van der Waals surface area (Å²) in [7, 11) is 0. The molecule has 2 heterocycles. The Balaban J connectivity index is 1.66. The Kier molecular flexibility index (Phi) is 7.22. The molecule has 0 aliphatic carbocycles. The van der Waals surface area contributed by atoms with Crippen LogP contribution in [0.1, 0.15) is 47.1 Å². The average Bonchev–Trinajstić information content (AvgIpc) is 3.15. The lowest BCUT2D eigenvalue weighted by molar-refractivity contribution is -0.124. The minimum atomic E-state index is -0.344. The fourth-order valence-electron chi connectivity index (χ4n) is 3.37. The van der Waals surface area contributed by atoms with Gasteiger partial charge in [-0.3, -0.25) is 20.4 Å². The molecule has 3 rings (SSSR count). The van der Waals surface area contributed by atoms with E-state index in [0.29, 0.717) is 23.8 Å². The van der Waals surface area contributed by atoms with Crippen LogP contribution in [0.2, 0.25) is 0 Å². The maximum absolute atomic E-state index is 12.9. The van der Waals surface area contributed by atoms with Crippen LogP contribution in [0.3, 0.4) is 0 Å². The molecule has 156 valence electrons. The van der Waals surface area contributed by atoms with Gasteiger partial charge in [-0.1, -0.05) is 61.9 Å². The lowest BCUT2D eigenvalue weighted by Crippen LogP contribution is -2.45. The number of nitrogens with one attached hydrogen (secondary N) is 2. The van der Waals surface area contributed by atoms with Crippen molar-refractivity contribution < 1.29 is 14.3 Å². The molecule has 2 aromatic rings. The molecular weight excluding hydrogens is 388 g/mol. The molecule has 2 amide bonds. The van der Waals surface area contributed by atoms with Crippen LogP contribution < -0.4 is 15.8 Å². The highest BCUT2D eigenvalue weighted by Crippen LogP contribution is 2.28. The number of thiazole rings is 1. The lowest BCUT2D eigenvalue weighted by atomic mass is 9.85. The van der Waals surface area contributed by atoms with E-state index in [2.05, 4.69) is 27.7 Å². The minimum Gasteiger partial charge on any atom is -0.378 e. The number of carbonyl (C=O) groups is 2.